The zero-order valence-electron chi connectivity index (χ0n) is 8.16. The summed E-state index contributed by atoms with van der Waals surface area (Å²) in [7, 11) is 0. The third-order valence-corrected chi connectivity index (χ3v) is 2.12. The fraction of sp³-hybridized carbons (Fsp3) is 0. The minimum absolute atomic E-state index is 0.114. The van der Waals surface area contributed by atoms with E-state index in [0.29, 0.717) is 11.4 Å². The lowest BCUT2D eigenvalue weighted by Crippen LogP contribution is -2.07. The molecule has 0 radical (unpaired) electrons. The molecule has 5 heteroatoms. The van der Waals surface area contributed by atoms with Crippen molar-refractivity contribution in [1.82, 2.24) is 9.78 Å². The lowest BCUT2D eigenvalue weighted by molar-refractivity contribution is 0.0696. The Morgan fingerprint density at radius 3 is 2.81 bits per heavy atom. The average molecular weight is 213 g/mol. The molecule has 2 aromatic rings. The number of nitrogens with zero attached hydrogens (tertiary/aromatic N) is 3. The lowest BCUT2D eigenvalue weighted by Gasteiger charge is -2.06. The second-order valence-corrected chi connectivity index (χ2v) is 3.06. The van der Waals surface area contributed by atoms with E-state index in [1.165, 1.54) is 23.0 Å². The summed E-state index contributed by atoms with van der Waals surface area (Å²) in [5, 5.41) is 21.8. The summed E-state index contributed by atoms with van der Waals surface area (Å²) in [6, 6.07) is 9.88. The molecule has 5 nitrogen and oxygen atoms in total. The molecule has 16 heavy (non-hydrogen) atoms. The maximum atomic E-state index is 11.0. The van der Waals surface area contributed by atoms with E-state index in [-0.39, 0.29) is 5.56 Å². The Bertz CT molecular complexity index is 581. The molecule has 0 saturated heterocycles. The normalized spacial score (nSPS) is 9.69. The monoisotopic (exact) mass is 213 g/mol. The first-order valence-corrected chi connectivity index (χ1v) is 4.51. The Balaban J connectivity index is 2.66. The molecule has 2 rings (SSSR count). The van der Waals surface area contributed by atoms with Crippen LogP contribution in [0.15, 0.2) is 36.5 Å². The molecular weight excluding hydrogens is 206 g/mol. The predicted octanol–water partition coefficient (Wildman–Crippen LogP) is 1.44. The molecule has 1 N–H and O–H groups in total. The molecule has 1 heterocycles. The summed E-state index contributed by atoms with van der Waals surface area (Å²) in [4.78, 5) is 11.0. The Morgan fingerprint density at radius 2 is 2.12 bits per heavy atom. The largest absolute Gasteiger partial charge is 0.478 e. The number of aromatic nitrogens is 2. The molecular formula is C11H7N3O2. The molecule has 0 saturated carbocycles. The minimum atomic E-state index is -1.05. The van der Waals surface area contributed by atoms with Gasteiger partial charge in [-0.15, -0.1) is 0 Å². The van der Waals surface area contributed by atoms with Gasteiger partial charge in [-0.05, 0) is 18.2 Å². The number of aromatic carboxylic acids is 1. The van der Waals surface area contributed by atoms with Crippen molar-refractivity contribution >= 4 is 5.97 Å². The fourth-order valence-electron chi connectivity index (χ4n) is 1.42. The van der Waals surface area contributed by atoms with Crippen molar-refractivity contribution in [2.24, 2.45) is 0 Å². The smallest absolute Gasteiger partial charge is 0.337 e. The van der Waals surface area contributed by atoms with Crippen molar-refractivity contribution in [1.29, 1.82) is 5.26 Å². The van der Waals surface area contributed by atoms with Crippen LogP contribution in [-0.4, -0.2) is 20.9 Å². The minimum Gasteiger partial charge on any atom is -0.478 e. The molecule has 1 aromatic carbocycles. The van der Waals surface area contributed by atoms with Gasteiger partial charge in [0.15, 0.2) is 0 Å². The SMILES string of the molecule is N#Cc1ccnn1-c1ccccc1C(=O)O. The van der Waals surface area contributed by atoms with E-state index in [1.807, 2.05) is 6.07 Å². The maximum absolute atomic E-state index is 11.0. The van der Waals surface area contributed by atoms with Crippen LogP contribution in [0.2, 0.25) is 0 Å². The third kappa shape index (κ3) is 1.53. The summed E-state index contributed by atoms with van der Waals surface area (Å²) in [6.07, 6.45) is 1.46. The average Bonchev–Trinajstić information content (AvgIpc) is 2.76. The second kappa shape index (κ2) is 3.87. The van der Waals surface area contributed by atoms with Gasteiger partial charge < -0.3 is 5.11 Å². The molecule has 0 atom stereocenters. The van der Waals surface area contributed by atoms with Crippen molar-refractivity contribution in [3.63, 3.8) is 0 Å². The first kappa shape index (κ1) is 9.93. The summed E-state index contributed by atoms with van der Waals surface area (Å²) in [5.41, 5.74) is 0.799. The molecule has 0 bridgehead atoms. The highest BCUT2D eigenvalue weighted by atomic mass is 16.4. The first-order valence-electron chi connectivity index (χ1n) is 4.51. The van der Waals surface area contributed by atoms with Crippen molar-refractivity contribution in [3.8, 4) is 11.8 Å². The molecule has 1 aromatic heterocycles. The zero-order chi connectivity index (χ0) is 11.5. The molecule has 0 aliphatic heterocycles. The van der Waals surface area contributed by atoms with Gasteiger partial charge in [-0.25, -0.2) is 9.48 Å². The van der Waals surface area contributed by atoms with E-state index in [1.54, 1.807) is 18.2 Å². The Labute approximate surface area is 91.2 Å². The van der Waals surface area contributed by atoms with Gasteiger partial charge in [-0.3, -0.25) is 0 Å². The third-order valence-electron chi connectivity index (χ3n) is 2.12. The topological polar surface area (TPSA) is 78.9 Å². The second-order valence-electron chi connectivity index (χ2n) is 3.06. The summed E-state index contributed by atoms with van der Waals surface area (Å²) in [5.74, 6) is -1.05. The van der Waals surface area contributed by atoms with Gasteiger partial charge in [0.1, 0.15) is 11.8 Å². The number of carbonyl (C=O) groups is 1. The van der Waals surface area contributed by atoms with Gasteiger partial charge in [0.05, 0.1) is 17.4 Å². The maximum Gasteiger partial charge on any atom is 0.337 e. The van der Waals surface area contributed by atoms with Crippen molar-refractivity contribution in [2.75, 3.05) is 0 Å². The van der Waals surface area contributed by atoms with Crippen LogP contribution in [0.5, 0.6) is 0 Å². The molecule has 0 aliphatic carbocycles. The van der Waals surface area contributed by atoms with E-state index < -0.39 is 5.97 Å². The number of rotatable bonds is 2. The van der Waals surface area contributed by atoms with Crippen molar-refractivity contribution in [2.45, 2.75) is 0 Å². The van der Waals surface area contributed by atoms with Crippen molar-refractivity contribution < 1.29 is 9.90 Å². The molecule has 0 amide bonds. The van der Waals surface area contributed by atoms with Crippen LogP contribution in [0.4, 0.5) is 0 Å². The highest BCUT2D eigenvalue weighted by Crippen LogP contribution is 2.15. The van der Waals surface area contributed by atoms with Gasteiger partial charge in [-0.1, -0.05) is 12.1 Å². The standard InChI is InChI=1S/C11H7N3O2/c12-7-8-5-6-13-14(8)10-4-2-1-3-9(10)11(15)16/h1-6H,(H,15,16). The number of carboxylic acids is 1. The quantitative estimate of drug-likeness (QED) is 0.818. The van der Waals surface area contributed by atoms with Crippen LogP contribution >= 0.6 is 0 Å². The van der Waals surface area contributed by atoms with Crippen molar-refractivity contribution in [3.05, 3.63) is 47.8 Å². The van der Waals surface area contributed by atoms with Crippen LogP contribution in [0, 0.1) is 11.3 Å². The molecule has 0 fully saturated rings. The van der Waals surface area contributed by atoms with Gasteiger partial charge in [0.25, 0.3) is 0 Å². The van der Waals surface area contributed by atoms with Crippen LogP contribution < -0.4 is 0 Å². The van der Waals surface area contributed by atoms with E-state index >= 15 is 0 Å². The van der Waals surface area contributed by atoms with E-state index in [2.05, 4.69) is 5.10 Å². The highest BCUT2D eigenvalue weighted by molar-refractivity contribution is 5.91. The molecule has 78 valence electrons. The van der Waals surface area contributed by atoms with Gasteiger partial charge >= 0.3 is 5.97 Å². The van der Waals surface area contributed by atoms with E-state index in [0.717, 1.165) is 0 Å². The number of para-hydroxylation sites is 1. The Kier molecular flexibility index (Phi) is 2.40. The van der Waals surface area contributed by atoms with Crippen LogP contribution in [0.3, 0.4) is 0 Å². The Morgan fingerprint density at radius 1 is 1.38 bits per heavy atom. The molecule has 0 aliphatic rings. The summed E-state index contributed by atoms with van der Waals surface area (Å²) in [6.45, 7) is 0. The number of benzene rings is 1. The number of carboxylic acid groups (broad SMARTS) is 1. The number of hydrogen-bond donors (Lipinski definition) is 1. The summed E-state index contributed by atoms with van der Waals surface area (Å²) < 4.78 is 1.31. The predicted molar refractivity (Wildman–Crippen MR) is 55.2 cm³/mol. The first-order chi connectivity index (χ1) is 7.74. The van der Waals surface area contributed by atoms with Gasteiger partial charge in [0, 0.05) is 0 Å². The molecule has 0 unspecified atom stereocenters. The van der Waals surface area contributed by atoms with Gasteiger partial charge in [0.2, 0.25) is 0 Å². The lowest BCUT2D eigenvalue weighted by atomic mass is 10.2. The van der Waals surface area contributed by atoms with Gasteiger partial charge in [-0.2, -0.15) is 10.4 Å². The van der Waals surface area contributed by atoms with E-state index in [9.17, 15) is 4.79 Å². The number of hydrogen-bond acceptors (Lipinski definition) is 3. The Hall–Kier alpha value is -2.61. The number of nitriles is 1. The van der Waals surface area contributed by atoms with Crippen LogP contribution in [0.1, 0.15) is 16.1 Å². The molecule has 0 spiro atoms. The highest BCUT2D eigenvalue weighted by Gasteiger charge is 2.13. The fourth-order valence-corrected chi connectivity index (χ4v) is 1.42. The van der Waals surface area contributed by atoms with E-state index in [4.69, 9.17) is 10.4 Å². The zero-order valence-corrected chi connectivity index (χ0v) is 8.16. The van der Waals surface area contributed by atoms with Crippen LogP contribution in [-0.2, 0) is 0 Å². The van der Waals surface area contributed by atoms with Crippen LogP contribution in [0.25, 0.3) is 5.69 Å². The summed E-state index contributed by atoms with van der Waals surface area (Å²) >= 11 is 0.